The molecule has 106 valence electrons. The molecule has 3 nitrogen and oxygen atoms in total. The monoisotopic (exact) mass is 341 g/mol. The van der Waals surface area contributed by atoms with Crippen LogP contribution in [-0.4, -0.2) is 6.04 Å². The van der Waals surface area contributed by atoms with Crippen molar-refractivity contribution in [3.8, 4) is 6.07 Å². The Labute approximate surface area is 133 Å². The highest BCUT2D eigenvalue weighted by Gasteiger charge is 2.30. The number of hydrogen-bond acceptors (Lipinski definition) is 3. The number of nitrogen functional groups attached to an aromatic ring is 1. The first kappa shape index (κ1) is 14.0. The van der Waals surface area contributed by atoms with Crippen molar-refractivity contribution in [3.05, 3.63) is 58.1 Å². The summed E-state index contributed by atoms with van der Waals surface area (Å²) in [6.07, 6.45) is 2.37. The predicted octanol–water partition coefficient (Wildman–Crippen LogP) is 4.07. The fourth-order valence-corrected chi connectivity index (χ4v) is 2.80. The lowest BCUT2D eigenvalue weighted by Gasteiger charge is -2.26. The third-order valence-electron chi connectivity index (χ3n) is 3.71. The van der Waals surface area contributed by atoms with Gasteiger partial charge in [0.2, 0.25) is 0 Å². The summed E-state index contributed by atoms with van der Waals surface area (Å²) >= 11 is 3.51. The molecule has 0 heterocycles. The molecule has 2 aromatic carbocycles. The Balaban J connectivity index is 1.93. The van der Waals surface area contributed by atoms with Crippen molar-refractivity contribution in [2.45, 2.75) is 25.4 Å². The van der Waals surface area contributed by atoms with Gasteiger partial charge in [-0.15, -0.1) is 0 Å². The number of benzene rings is 2. The number of nitrogens with two attached hydrogens (primary N) is 1. The first-order valence-corrected chi connectivity index (χ1v) is 7.77. The third kappa shape index (κ3) is 3.20. The maximum Gasteiger partial charge on any atom is 0.101 e. The topological polar surface area (TPSA) is 53.0 Å². The lowest BCUT2D eigenvalue weighted by molar-refractivity contribution is 0.793. The van der Waals surface area contributed by atoms with E-state index in [-0.39, 0.29) is 0 Å². The van der Waals surface area contributed by atoms with E-state index in [2.05, 4.69) is 39.0 Å². The largest absolute Gasteiger partial charge is 0.399 e. The Bertz CT molecular complexity index is 684. The quantitative estimate of drug-likeness (QED) is 0.852. The maximum absolute atomic E-state index is 9.35. The molecule has 4 heteroatoms. The summed E-state index contributed by atoms with van der Waals surface area (Å²) < 4.78 is 0.999. The average molecular weight is 342 g/mol. The summed E-state index contributed by atoms with van der Waals surface area (Å²) in [6, 6.07) is 16.6. The van der Waals surface area contributed by atoms with E-state index in [1.807, 2.05) is 30.3 Å². The second-order valence-corrected chi connectivity index (χ2v) is 6.29. The van der Waals surface area contributed by atoms with E-state index in [1.54, 1.807) is 0 Å². The van der Waals surface area contributed by atoms with Crippen molar-refractivity contribution in [3.63, 3.8) is 0 Å². The smallest absolute Gasteiger partial charge is 0.101 e. The van der Waals surface area contributed by atoms with Crippen LogP contribution in [0.4, 0.5) is 11.4 Å². The van der Waals surface area contributed by atoms with Gasteiger partial charge in [-0.1, -0.05) is 28.1 Å². The lowest BCUT2D eigenvalue weighted by Crippen LogP contribution is -2.25. The number of anilines is 2. The van der Waals surface area contributed by atoms with Crippen molar-refractivity contribution in [1.29, 1.82) is 5.26 Å². The molecule has 1 saturated carbocycles. The molecule has 21 heavy (non-hydrogen) atoms. The van der Waals surface area contributed by atoms with Crippen LogP contribution in [0.1, 0.15) is 24.0 Å². The molecular weight excluding hydrogens is 326 g/mol. The molecule has 0 radical (unpaired) electrons. The van der Waals surface area contributed by atoms with Crippen LogP contribution in [0.15, 0.2) is 46.9 Å². The van der Waals surface area contributed by atoms with Gasteiger partial charge in [-0.25, -0.2) is 0 Å². The zero-order chi connectivity index (χ0) is 14.8. The van der Waals surface area contributed by atoms with E-state index in [4.69, 9.17) is 5.73 Å². The molecule has 0 aliphatic heterocycles. The predicted molar refractivity (Wildman–Crippen MR) is 88.9 cm³/mol. The van der Waals surface area contributed by atoms with E-state index in [0.717, 1.165) is 28.0 Å². The fraction of sp³-hybridized carbons (Fsp3) is 0.235. The molecule has 0 aromatic heterocycles. The van der Waals surface area contributed by atoms with Crippen LogP contribution in [0.3, 0.4) is 0 Å². The molecule has 0 atom stereocenters. The number of nitriles is 1. The number of nitrogens with zero attached hydrogens (tertiary/aromatic N) is 2. The van der Waals surface area contributed by atoms with E-state index in [1.165, 1.54) is 18.4 Å². The lowest BCUT2D eigenvalue weighted by atomic mass is 10.1. The number of rotatable bonds is 4. The molecule has 0 bridgehead atoms. The van der Waals surface area contributed by atoms with Gasteiger partial charge in [-0.05, 0) is 48.7 Å². The molecule has 2 N–H and O–H groups in total. The Morgan fingerprint density at radius 2 is 1.90 bits per heavy atom. The van der Waals surface area contributed by atoms with Crippen LogP contribution in [0.25, 0.3) is 0 Å². The van der Waals surface area contributed by atoms with Gasteiger partial charge in [0.25, 0.3) is 0 Å². The van der Waals surface area contributed by atoms with Crippen molar-refractivity contribution in [2.75, 3.05) is 10.6 Å². The molecule has 1 fully saturated rings. The van der Waals surface area contributed by atoms with Crippen LogP contribution >= 0.6 is 15.9 Å². The van der Waals surface area contributed by atoms with Crippen LogP contribution in [0, 0.1) is 11.3 Å². The highest BCUT2D eigenvalue weighted by molar-refractivity contribution is 9.10. The van der Waals surface area contributed by atoms with Crippen LogP contribution in [-0.2, 0) is 6.54 Å². The standard InChI is InChI=1S/C17H16BrN3/c18-14-4-3-13(10-19)17(9-14)21(16-7-8-16)11-12-1-5-15(20)6-2-12/h1-6,9,16H,7-8,11,20H2. The van der Waals surface area contributed by atoms with Gasteiger partial charge in [0.05, 0.1) is 11.3 Å². The molecular formula is C17H16BrN3. The molecule has 0 amide bonds. The molecule has 0 spiro atoms. The molecule has 1 aliphatic carbocycles. The van der Waals surface area contributed by atoms with Gasteiger partial charge in [-0.2, -0.15) is 5.26 Å². The van der Waals surface area contributed by atoms with Gasteiger partial charge in [0, 0.05) is 22.7 Å². The Hall–Kier alpha value is -1.99. The summed E-state index contributed by atoms with van der Waals surface area (Å²) in [4.78, 5) is 2.33. The Morgan fingerprint density at radius 3 is 2.52 bits per heavy atom. The highest BCUT2D eigenvalue weighted by atomic mass is 79.9. The molecule has 0 saturated heterocycles. The van der Waals surface area contributed by atoms with Crippen LogP contribution < -0.4 is 10.6 Å². The average Bonchev–Trinajstić information content (AvgIpc) is 3.31. The molecule has 1 aliphatic rings. The SMILES string of the molecule is N#Cc1ccc(Br)cc1N(Cc1ccc(N)cc1)C1CC1. The summed E-state index contributed by atoms with van der Waals surface area (Å²) in [7, 11) is 0. The van der Waals surface area contributed by atoms with Crippen LogP contribution in [0.2, 0.25) is 0 Å². The second kappa shape index (κ2) is 5.79. The zero-order valence-corrected chi connectivity index (χ0v) is 13.2. The Morgan fingerprint density at radius 1 is 1.19 bits per heavy atom. The van der Waals surface area contributed by atoms with Crippen molar-refractivity contribution in [1.82, 2.24) is 0 Å². The van der Waals surface area contributed by atoms with Crippen molar-refractivity contribution >= 4 is 27.3 Å². The minimum atomic E-state index is 0.531. The first-order valence-electron chi connectivity index (χ1n) is 6.98. The maximum atomic E-state index is 9.35. The number of halogens is 1. The van der Waals surface area contributed by atoms with E-state index < -0.39 is 0 Å². The highest BCUT2D eigenvalue weighted by Crippen LogP contribution is 2.36. The van der Waals surface area contributed by atoms with Crippen molar-refractivity contribution < 1.29 is 0 Å². The summed E-state index contributed by atoms with van der Waals surface area (Å²) in [6.45, 7) is 0.802. The van der Waals surface area contributed by atoms with Crippen molar-refractivity contribution in [2.24, 2.45) is 0 Å². The third-order valence-corrected chi connectivity index (χ3v) is 4.20. The zero-order valence-electron chi connectivity index (χ0n) is 11.6. The van der Waals surface area contributed by atoms with Crippen LogP contribution in [0.5, 0.6) is 0 Å². The summed E-state index contributed by atoms with van der Waals surface area (Å²) in [5.41, 5.74) is 9.46. The molecule has 0 unspecified atom stereocenters. The van der Waals surface area contributed by atoms with Gasteiger partial charge in [0.1, 0.15) is 6.07 Å². The van der Waals surface area contributed by atoms with Gasteiger partial charge < -0.3 is 10.6 Å². The van der Waals surface area contributed by atoms with Gasteiger partial charge in [-0.3, -0.25) is 0 Å². The minimum absolute atomic E-state index is 0.531. The molecule has 3 rings (SSSR count). The minimum Gasteiger partial charge on any atom is -0.399 e. The van der Waals surface area contributed by atoms with Gasteiger partial charge >= 0.3 is 0 Å². The second-order valence-electron chi connectivity index (χ2n) is 5.37. The number of hydrogen-bond donors (Lipinski definition) is 1. The van der Waals surface area contributed by atoms with Gasteiger partial charge in [0.15, 0.2) is 0 Å². The van der Waals surface area contributed by atoms with E-state index in [0.29, 0.717) is 6.04 Å². The summed E-state index contributed by atoms with van der Waals surface area (Å²) in [5.74, 6) is 0. The van der Waals surface area contributed by atoms with E-state index in [9.17, 15) is 5.26 Å². The normalized spacial score (nSPS) is 13.7. The molecule has 2 aromatic rings. The Kier molecular flexibility index (Phi) is 3.85. The fourth-order valence-electron chi connectivity index (χ4n) is 2.45. The van der Waals surface area contributed by atoms with E-state index >= 15 is 0 Å². The first-order chi connectivity index (χ1) is 10.2. The summed E-state index contributed by atoms with van der Waals surface area (Å²) in [5, 5.41) is 9.35.